The van der Waals surface area contributed by atoms with E-state index in [-0.39, 0.29) is 5.91 Å². The summed E-state index contributed by atoms with van der Waals surface area (Å²) in [5, 5.41) is 13.4. The molecular weight excluding hydrogens is 336 g/mol. The normalized spacial score (nSPS) is 10.6. The molecule has 26 heavy (non-hydrogen) atoms. The Balaban J connectivity index is 1.73. The van der Waals surface area contributed by atoms with Crippen molar-refractivity contribution in [2.45, 2.75) is 27.4 Å². The number of nitrogens with zero attached hydrogens (tertiary/aromatic N) is 2. The molecule has 0 atom stereocenters. The predicted molar refractivity (Wildman–Crippen MR) is 94.6 cm³/mol. The quantitative estimate of drug-likeness (QED) is 0.703. The highest BCUT2D eigenvalue weighted by Gasteiger charge is 2.15. The summed E-state index contributed by atoms with van der Waals surface area (Å²) >= 11 is 0. The van der Waals surface area contributed by atoms with E-state index >= 15 is 0 Å². The number of carbonyl (C=O) groups is 1. The van der Waals surface area contributed by atoms with Crippen molar-refractivity contribution in [3.05, 3.63) is 52.5 Å². The molecule has 1 amide bonds. The number of rotatable bonds is 6. The number of hydrogen-bond acceptors (Lipinski definition) is 6. The molecule has 136 valence electrons. The van der Waals surface area contributed by atoms with Crippen LogP contribution in [-0.4, -0.2) is 28.4 Å². The van der Waals surface area contributed by atoms with E-state index in [1.54, 1.807) is 24.3 Å². The molecule has 3 aromatic rings. The molecule has 3 rings (SSSR count). The topological polar surface area (TPSA) is 102 Å². The van der Waals surface area contributed by atoms with Crippen LogP contribution in [0.3, 0.4) is 0 Å². The number of hydrogen-bond donors (Lipinski definition) is 2. The van der Waals surface area contributed by atoms with Gasteiger partial charge in [-0.25, -0.2) is 0 Å². The maximum Gasteiger partial charge on any atom is 0.257 e. The van der Waals surface area contributed by atoms with Gasteiger partial charge in [-0.1, -0.05) is 5.16 Å². The Morgan fingerprint density at radius 3 is 2.65 bits per heavy atom. The number of nitrogens with one attached hydrogen (secondary N) is 2. The Kier molecular flexibility index (Phi) is 4.92. The third-order valence-corrected chi connectivity index (χ3v) is 3.93. The summed E-state index contributed by atoms with van der Waals surface area (Å²) in [6, 6.07) is 6.73. The molecule has 1 aromatic carbocycles. The standard InChI is InChI=1S/C18H20N4O4/c1-10-7-17(21-20-10)19-18(23)13-5-6-15(16(8-13)24-4)25-9-14-11(2)22-26-12(14)3/h5-8H,9H2,1-4H3,(H2,19,20,21,23). The first-order chi connectivity index (χ1) is 12.5. The van der Waals surface area contributed by atoms with Crippen LogP contribution in [0.5, 0.6) is 11.5 Å². The number of aromatic amines is 1. The van der Waals surface area contributed by atoms with Gasteiger partial charge < -0.3 is 19.3 Å². The number of aromatic nitrogens is 3. The zero-order chi connectivity index (χ0) is 18.7. The van der Waals surface area contributed by atoms with E-state index in [1.165, 1.54) is 7.11 Å². The van der Waals surface area contributed by atoms with Crippen molar-refractivity contribution in [3.63, 3.8) is 0 Å². The van der Waals surface area contributed by atoms with E-state index in [0.29, 0.717) is 35.2 Å². The summed E-state index contributed by atoms with van der Waals surface area (Å²) in [6.45, 7) is 5.85. The summed E-state index contributed by atoms with van der Waals surface area (Å²) in [7, 11) is 1.52. The van der Waals surface area contributed by atoms with Crippen molar-refractivity contribution >= 4 is 11.7 Å². The van der Waals surface area contributed by atoms with Crippen LogP contribution in [0.15, 0.2) is 28.8 Å². The van der Waals surface area contributed by atoms with Gasteiger partial charge >= 0.3 is 0 Å². The minimum atomic E-state index is -0.285. The fourth-order valence-electron chi connectivity index (χ4n) is 2.46. The van der Waals surface area contributed by atoms with Crippen molar-refractivity contribution in [3.8, 4) is 11.5 Å². The molecule has 8 nitrogen and oxygen atoms in total. The van der Waals surface area contributed by atoms with Crippen molar-refractivity contribution < 1.29 is 18.8 Å². The average Bonchev–Trinajstić information content (AvgIpc) is 3.18. The van der Waals surface area contributed by atoms with Gasteiger partial charge in [-0.15, -0.1) is 0 Å². The smallest absolute Gasteiger partial charge is 0.257 e. The Hall–Kier alpha value is -3.29. The van der Waals surface area contributed by atoms with E-state index in [9.17, 15) is 4.79 Å². The second kappa shape index (κ2) is 7.30. The molecule has 2 aromatic heterocycles. The fourth-order valence-corrected chi connectivity index (χ4v) is 2.46. The first-order valence-corrected chi connectivity index (χ1v) is 8.04. The molecule has 0 saturated heterocycles. The van der Waals surface area contributed by atoms with E-state index in [2.05, 4.69) is 20.7 Å². The first kappa shape index (κ1) is 17.5. The molecule has 0 aliphatic carbocycles. The van der Waals surface area contributed by atoms with Crippen LogP contribution in [0, 0.1) is 20.8 Å². The third kappa shape index (κ3) is 3.69. The van der Waals surface area contributed by atoms with Crippen LogP contribution in [-0.2, 0) is 6.61 Å². The van der Waals surface area contributed by atoms with Gasteiger partial charge in [0.1, 0.15) is 12.4 Å². The molecule has 0 fully saturated rings. The SMILES string of the molecule is COc1cc(C(=O)Nc2cc(C)[nH]n2)ccc1OCc1c(C)noc1C. The number of anilines is 1. The van der Waals surface area contributed by atoms with Crippen LogP contribution >= 0.6 is 0 Å². The second-order valence-corrected chi connectivity index (χ2v) is 5.85. The summed E-state index contributed by atoms with van der Waals surface area (Å²) < 4.78 is 16.3. The van der Waals surface area contributed by atoms with Gasteiger partial charge in [0.2, 0.25) is 0 Å². The molecule has 0 saturated carbocycles. The largest absolute Gasteiger partial charge is 0.493 e. The summed E-state index contributed by atoms with van der Waals surface area (Å²) in [6.07, 6.45) is 0. The van der Waals surface area contributed by atoms with Gasteiger partial charge in [0.25, 0.3) is 5.91 Å². The van der Waals surface area contributed by atoms with Crippen molar-refractivity contribution in [1.29, 1.82) is 0 Å². The zero-order valence-electron chi connectivity index (χ0n) is 15.0. The Morgan fingerprint density at radius 2 is 2.04 bits per heavy atom. The van der Waals surface area contributed by atoms with Gasteiger partial charge in [-0.05, 0) is 39.0 Å². The van der Waals surface area contributed by atoms with Gasteiger partial charge in [0, 0.05) is 17.3 Å². The van der Waals surface area contributed by atoms with Gasteiger partial charge in [-0.2, -0.15) is 5.10 Å². The predicted octanol–water partition coefficient (Wildman–Crippen LogP) is 3.16. The molecule has 0 bridgehead atoms. The minimum Gasteiger partial charge on any atom is -0.493 e. The number of H-pyrrole nitrogens is 1. The van der Waals surface area contributed by atoms with Gasteiger partial charge in [-0.3, -0.25) is 9.89 Å². The molecule has 0 spiro atoms. The third-order valence-electron chi connectivity index (χ3n) is 3.93. The Bertz CT molecular complexity index is 910. The minimum absolute atomic E-state index is 0.285. The van der Waals surface area contributed by atoms with E-state index in [1.807, 2.05) is 20.8 Å². The highest BCUT2D eigenvalue weighted by molar-refractivity contribution is 6.04. The van der Waals surface area contributed by atoms with Crippen molar-refractivity contribution in [2.75, 3.05) is 12.4 Å². The van der Waals surface area contributed by atoms with Gasteiger partial charge in [0.05, 0.1) is 18.4 Å². The number of amides is 1. The highest BCUT2D eigenvalue weighted by atomic mass is 16.5. The molecule has 8 heteroatoms. The number of ether oxygens (including phenoxy) is 2. The van der Waals surface area contributed by atoms with Crippen LogP contribution in [0.1, 0.15) is 33.1 Å². The number of methoxy groups -OCH3 is 1. The Morgan fingerprint density at radius 1 is 1.23 bits per heavy atom. The van der Waals surface area contributed by atoms with Gasteiger partial charge in [0.15, 0.2) is 17.3 Å². The molecule has 2 heterocycles. The molecule has 0 aliphatic heterocycles. The van der Waals surface area contributed by atoms with Crippen LogP contribution in [0.2, 0.25) is 0 Å². The average molecular weight is 356 g/mol. The fraction of sp³-hybridized carbons (Fsp3) is 0.278. The highest BCUT2D eigenvalue weighted by Crippen LogP contribution is 2.29. The lowest BCUT2D eigenvalue weighted by atomic mass is 10.2. The van der Waals surface area contributed by atoms with Crippen LogP contribution < -0.4 is 14.8 Å². The maximum atomic E-state index is 12.4. The van der Waals surface area contributed by atoms with Crippen molar-refractivity contribution in [1.82, 2.24) is 15.4 Å². The first-order valence-electron chi connectivity index (χ1n) is 8.04. The molecule has 0 unspecified atom stereocenters. The number of benzene rings is 1. The lowest BCUT2D eigenvalue weighted by Crippen LogP contribution is -2.12. The maximum absolute atomic E-state index is 12.4. The number of aryl methyl sites for hydroxylation is 3. The van der Waals surface area contributed by atoms with E-state index < -0.39 is 0 Å². The number of carbonyl (C=O) groups excluding carboxylic acids is 1. The monoisotopic (exact) mass is 356 g/mol. The molecular formula is C18H20N4O4. The lowest BCUT2D eigenvalue weighted by Gasteiger charge is -2.12. The van der Waals surface area contributed by atoms with Crippen LogP contribution in [0.25, 0.3) is 0 Å². The lowest BCUT2D eigenvalue weighted by molar-refractivity contribution is 0.102. The van der Waals surface area contributed by atoms with Crippen molar-refractivity contribution in [2.24, 2.45) is 0 Å². The Labute approximate surface area is 150 Å². The second-order valence-electron chi connectivity index (χ2n) is 5.85. The summed E-state index contributed by atoms with van der Waals surface area (Å²) in [5.74, 6) is 1.88. The van der Waals surface area contributed by atoms with Crippen LogP contribution in [0.4, 0.5) is 5.82 Å². The van der Waals surface area contributed by atoms with E-state index in [4.69, 9.17) is 14.0 Å². The summed E-state index contributed by atoms with van der Waals surface area (Å²) in [4.78, 5) is 12.4. The molecule has 2 N–H and O–H groups in total. The molecule has 0 aliphatic rings. The van der Waals surface area contributed by atoms with E-state index in [0.717, 1.165) is 17.0 Å². The zero-order valence-corrected chi connectivity index (χ0v) is 15.0. The summed E-state index contributed by atoms with van der Waals surface area (Å²) in [5.41, 5.74) is 2.97. The molecule has 0 radical (unpaired) electrons.